The Morgan fingerprint density at radius 1 is 1.04 bits per heavy atom. The highest BCUT2D eigenvalue weighted by atomic mass is 32.2. The molecular weight excluding hydrogens is 360 g/mol. The number of aryl methyl sites for hydroxylation is 2. The van der Waals surface area contributed by atoms with Gasteiger partial charge in [-0.25, -0.2) is 12.7 Å². The minimum absolute atomic E-state index is 0.156. The Bertz CT molecular complexity index is 1070. The van der Waals surface area contributed by atoms with E-state index in [1.807, 2.05) is 69.3 Å². The molecular formula is C21H22N2O3S. The number of benzene rings is 2. The monoisotopic (exact) mass is 382 g/mol. The summed E-state index contributed by atoms with van der Waals surface area (Å²) in [6.07, 6.45) is 1.82. The van der Waals surface area contributed by atoms with Crippen molar-refractivity contribution in [2.24, 2.45) is 5.92 Å². The lowest BCUT2D eigenvalue weighted by atomic mass is 10.0. The molecule has 27 heavy (non-hydrogen) atoms. The molecule has 4 rings (SSSR count). The molecule has 0 spiro atoms. The Morgan fingerprint density at radius 3 is 2.33 bits per heavy atom. The van der Waals surface area contributed by atoms with E-state index in [-0.39, 0.29) is 11.8 Å². The van der Waals surface area contributed by atoms with Crippen molar-refractivity contribution in [2.75, 3.05) is 4.90 Å². The van der Waals surface area contributed by atoms with E-state index in [9.17, 15) is 13.2 Å². The van der Waals surface area contributed by atoms with Crippen LogP contribution in [0.4, 0.5) is 5.69 Å². The Morgan fingerprint density at radius 2 is 1.70 bits per heavy atom. The lowest BCUT2D eigenvalue weighted by Crippen LogP contribution is -2.42. The number of anilines is 1. The van der Waals surface area contributed by atoms with Crippen LogP contribution in [0, 0.1) is 19.8 Å². The fourth-order valence-electron chi connectivity index (χ4n) is 4.06. The van der Waals surface area contributed by atoms with Crippen molar-refractivity contribution in [3.8, 4) is 0 Å². The Balaban J connectivity index is 2.03. The average Bonchev–Trinajstić information content (AvgIpc) is 2.87. The maximum Gasteiger partial charge on any atom is 0.267 e. The largest absolute Gasteiger partial charge is 0.272 e. The minimum atomic E-state index is -3.83. The van der Waals surface area contributed by atoms with Gasteiger partial charge in [-0.05, 0) is 49.1 Å². The van der Waals surface area contributed by atoms with Gasteiger partial charge in [0, 0.05) is 0 Å². The molecule has 1 atom stereocenters. The van der Waals surface area contributed by atoms with E-state index in [1.54, 1.807) is 6.92 Å². The number of carbonyl (C=O) groups is 1. The lowest BCUT2D eigenvalue weighted by molar-refractivity contribution is -0.120. The molecule has 1 saturated heterocycles. The topological polar surface area (TPSA) is 57.7 Å². The van der Waals surface area contributed by atoms with E-state index in [2.05, 4.69) is 0 Å². The summed E-state index contributed by atoms with van der Waals surface area (Å²) in [6.45, 7) is 7.50. The van der Waals surface area contributed by atoms with Crippen LogP contribution in [0.2, 0.25) is 0 Å². The van der Waals surface area contributed by atoms with Crippen LogP contribution in [0.25, 0.3) is 6.08 Å². The van der Waals surface area contributed by atoms with Crippen LogP contribution >= 0.6 is 0 Å². The first-order chi connectivity index (χ1) is 12.7. The van der Waals surface area contributed by atoms with Crippen LogP contribution < -0.4 is 4.90 Å². The molecule has 1 amide bonds. The molecule has 0 aromatic heterocycles. The molecule has 140 valence electrons. The summed E-state index contributed by atoms with van der Waals surface area (Å²) in [5.74, 6) is 0.0345. The van der Waals surface area contributed by atoms with Gasteiger partial charge in [0.2, 0.25) is 0 Å². The molecule has 0 saturated carbocycles. The van der Waals surface area contributed by atoms with Crippen LogP contribution in [0.5, 0.6) is 0 Å². The first kappa shape index (κ1) is 17.8. The van der Waals surface area contributed by atoms with Crippen molar-refractivity contribution < 1.29 is 13.2 Å². The molecule has 0 radical (unpaired) electrons. The molecule has 2 aliphatic rings. The van der Waals surface area contributed by atoms with Crippen LogP contribution in [-0.4, -0.2) is 24.7 Å². The summed E-state index contributed by atoms with van der Waals surface area (Å²) in [6, 6.07) is 12.2. The Kier molecular flexibility index (Phi) is 3.93. The molecule has 1 unspecified atom stereocenters. The zero-order chi connectivity index (χ0) is 19.5. The van der Waals surface area contributed by atoms with Gasteiger partial charge in [0.05, 0.1) is 10.6 Å². The van der Waals surface area contributed by atoms with Gasteiger partial charge in [-0.15, -0.1) is 0 Å². The van der Waals surface area contributed by atoms with Gasteiger partial charge in [0.1, 0.15) is 11.9 Å². The van der Waals surface area contributed by atoms with E-state index in [4.69, 9.17) is 0 Å². The number of carbonyl (C=O) groups excluding carboxylic acids is 1. The van der Waals surface area contributed by atoms with Gasteiger partial charge in [0.15, 0.2) is 0 Å². The maximum atomic E-state index is 13.6. The van der Waals surface area contributed by atoms with Gasteiger partial charge in [-0.3, -0.25) is 9.69 Å². The summed E-state index contributed by atoms with van der Waals surface area (Å²) in [5, 5.41) is 0. The average molecular weight is 382 g/mol. The normalized spacial score (nSPS) is 20.6. The van der Waals surface area contributed by atoms with Gasteiger partial charge in [-0.2, -0.15) is 0 Å². The first-order valence-electron chi connectivity index (χ1n) is 9.00. The Hall–Kier alpha value is -2.60. The highest BCUT2D eigenvalue weighted by Gasteiger charge is 2.52. The molecule has 0 aliphatic carbocycles. The van der Waals surface area contributed by atoms with Gasteiger partial charge < -0.3 is 0 Å². The third kappa shape index (κ3) is 2.51. The van der Waals surface area contributed by atoms with Crippen LogP contribution in [0.15, 0.2) is 53.2 Å². The second kappa shape index (κ2) is 5.96. The maximum absolute atomic E-state index is 13.6. The zero-order valence-electron chi connectivity index (χ0n) is 15.8. The number of sulfonamides is 1. The van der Waals surface area contributed by atoms with Crippen molar-refractivity contribution in [1.29, 1.82) is 0 Å². The second-order valence-corrected chi connectivity index (χ2v) is 9.25. The predicted octanol–water partition coefficient (Wildman–Crippen LogP) is 3.68. The van der Waals surface area contributed by atoms with E-state index in [0.717, 1.165) is 5.56 Å². The summed E-state index contributed by atoms with van der Waals surface area (Å²) in [7, 11) is -3.83. The SMILES string of the molecule is Cc1cc(C)c2c(c1)C=C1N(c3ccccc3)C(=O)C(C(C)C)N1S2(=O)=O. The Labute approximate surface area is 160 Å². The van der Waals surface area contributed by atoms with E-state index < -0.39 is 16.1 Å². The summed E-state index contributed by atoms with van der Waals surface area (Å²) >= 11 is 0. The lowest BCUT2D eigenvalue weighted by Gasteiger charge is -2.32. The summed E-state index contributed by atoms with van der Waals surface area (Å²) < 4.78 is 28.4. The highest BCUT2D eigenvalue weighted by molar-refractivity contribution is 7.89. The number of hydrogen-bond donors (Lipinski definition) is 0. The van der Waals surface area contributed by atoms with E-state index >= 15 is 0 Å². The molecule has 0 bridgehead atoms. The highest BCUT2D eigenvalue weighted by Crippen LogP contribution is 2.44. The fourth-order valence-corrected chi connectivity index (χ4v) is 6.16. The van der Waals surface area contributed by atoms with Crippen LogP contribution in [0.1, 0.15) is 30.5 Å². The van der Waals surface area contributed by atoms with Crippen molar-refractivity contribution >= 4 is 27.7 Å². The summed E-state index contributed by atoms with van der Waals surface area (Å²) in [4.78, 5) is 15.1. The molecule has 2 aromatic carbocycles. The molecule has 2 heterocycles. The third-order valence-electron chi connectivity index (χ3n) is 5.08. The van der Waals surface area contributed by atoms with Gasteiger partial charge in [-0.1, -0.05) is 49.7 Å². The quantitative estimate of drug-likeness (QED) is 0.796. The number of amides is 1. The minimum Gasteiger partial charge on any atom is -0.272 e. The molecule has 6 heteroatoms. The number of para-hydroxylation sites is 1. The smallest absolute Gasteiger partial charge is 0.267 e. The molecule has 2 aliphatic heterocycles. The number of nitrogens with zero attached hydrogens (tertiary/aromatic N) is 2. The van der Waals surface area contributed by atoms with Crippen molar-refractivity contribution in [2.45, 2.75) is 38.6 Å². The zero-order valence-corrected chi connectivity index (χ0v) is 16.6. The van der Waals surface area contributed by atoms with Crippen molar-refractivity contribution in [1.82, 2.24) is 4.31 Å². The molecule has 0 N–H and O–H groups in total. The van der Waals surface area contributed by atoms with E-state index in [0.29, 0.717) is 27.5 Å². The van der Waals surface area contributed by atoms with Gasteiger partial charge in [0.25, 0.3) is 15.9 Å². The molecule has 1 fully saturated rings. The van der Waals surface area contributed by atoms with E-state index in [1.165, 1.54) is 9.21 Å². The van der Waals surface area contributed by atoms with Crippen molar-refractivity contribution in [3.05, 3.63) is 65.0 Å². The second-order valence-electron chi connectivity index (χ2n) is 7.50. The van der Waals surface area contributed by atoms with Crippen LogP contribution in [-0.2, 0) is 14.8 Å². The van der Waals surface area contributed by atoms with Gasteiger partial charge >= 0.3 is 0 Å². The van der Waals surface area contributed by atoms with Crippen LogP contribution in [0.3, 0.4) is 0 Å². The molecule has 2 aromatic rings. The fraction of sp³-hybridized carbons (Fsp3) is 0.286. The molecule has 5 nitrogen and oxygen atoms in total. The number of fused-ring (bicyclic) bond motifs is 2. The number of rotatable bonds is 2. The number of hydrogen-bond acceptors (Lipinski definition) is 3. The predicted molar refractivity (Wildman–Crippen MR) is 105 cm³/mol. The van der Waals surface area contributed by atoms with Crippen molar-refractivity contribution in [3.63, 3.8) is 0 Å². The first-order valence-corrected chi connectivity index (χ1v) is 10.4. The summed E-state index contributed by atoms with van der Waals surface area (Å²) in [5.41, 5.74) is 3.00. The standard InChI is InChI=1S/C21H22N2O3S/c1-13(2)19-21(24)22(17-8-6-5-7-9-17)18-12-16-11-14(3)10-15(4)20(16)27(25,26)23(18)19/h5-13,19H,1-4H3. The third-order valence-corrected chi connectivity index (χ3v) is 7.08.